The fourth-order valence-corrected chi connectivity index (χ4v) is 2.03. The first-order valence-electron chi connectivity index (χ1n) is 7.89. The van der Waals surface area contributed by atoms with Gasteiger partial charge in [0.2, 0.25) is 0 Å². The van der Waals surface area contributed by atoms with Gasteiger partial charge in [-0.25, -0.2) is 4.79 Å². The number of para-hydroxylation sites is 1. The summed E-state index contributed by atoms with van der Waals surface area (Å²) in [6.07, 6.45) is -0.343. The number of ether oxygens (including phenoxy) is 2. The summed E-state index contributed by atoms with van der Waals surface area (Å²) in [6, 6.07) is 7.36. The summed E-state index contributed by atoms with van der Waals surface area (Å²) in [4.78, 5) is 22.9. The zero-order chi connectivity index (χ0) is 17.2. The molecule has 1 aromatic rings. The molecule has 1 aromatic carbocycles. The van der Waals surface area contributed by atoms with E-state index in [9.17, 15) is 9.59 Å². The molecule has 2 amide bonds. The van der Waals surface area contributed by atoms with Crippen molar-refractivity contribution in [3.8, 4) is 5.75 Å². The van der Waals surface area contributed by atoms with Crippen LogP contribution < -0.4 is 15.4 Å². The zero-order valence-corrected chi connectivity index (χ0v) is 14.2. The van der Waals surface area contributed by atoms with Crippen molar-refractivity contribution < 1.29 is 19.1 Å². The molecule has 0 aromatic heterocycles. The summed E-state index contributed by atoms with van der Waals surface area (Å²) >= 11 is 0. The first-order chi connectivity index (χ1) is 10.9. The highest BCUT2D eigenvalue weighted by atomic mass is 16.5. The number of nitrogens with one attached hydrogen (secondary N) is 2. The molecular formula is C17H26N2O4. The number of hydrogen-bond donors (Lipinski definition) is 2. The standard InChI is InChI=1S/C17H26N2O4/c1-5-22-16(20)10-11-18-17(21)19-13(4)23-15-9-7-6-8-14(15)12(2)3/h6-9,12-13H,5,10-11H2,1-4H3,(H2,18,19,21). The summed E-state index contributed by atoms with van der Waals surface area (Å²) in [7, 11) is 0. The van der Waals surface area contributed by atoms with Gasteiger partial charge in [-0.05, 0) is 31.4 Å². The molecule has 1 unspecified atom stereocenters. The molecule has 0 aliphatic rings. The van der Waals surface area contributed by atoms with Crippen molar-refractivity contribution in [2.75, 3.05) is 13.2 Å². The predicted octanol–water partition coefficient (Wildman–Crippen LogP) is 2.79. The predicted molar refractivity (Wildman–Crippen MR) is 88.4 cm³/mol. The third-order valence-electron chi connectivity index (χ3n) is 3.10. The van der Waals surface area contributed by atoms with E-state index in [0.29, 0.717) is 12.5 Å². The van der Waals surface area contributed by atoms with E-state index in [-0.39, 0.29) is 25.0 Å². The summed E-state index contributed by atoms with van der Waals surface area (Å²) in [5, 5.41) is 5.27. The van der Waals surface area contributed by atoms with Gasteiger partial charge in [0, 0.05) is 6.54 Å². The molecule has 0 saturated heterocycles. The first-order valence-corrected chi connectivity index (χ1v) is 7.89. The highest BCUT2D eigenvalue weighted by Gasteiger charge is 2.12. The summed E-state index contributed by atoms with van der Waals surface area (Å²) in [5.74, 6) is 0.751. The van der Waals surface area contributed by atoms with Crippen molar-refractivity contribution >= 4 is 12.0 Å². The number of amides is 2. The molecule has 0 radical (unpaired) electrons. The number of carbonyl (C=O) groups excluding carboxylic acids is 2. The highest BCUT2D eigenvalue weighted by Crippen LogP contribution is 2.26. The molecule has 2 N–H and O–H groups in total. The molecule has 128 valence electrons. The second-order valence-electron chi connectivity index (χ2n) is 5.41. The van der Waals surface area contributed by atoms with Gasteiger partial charge in [0.25, 0.3) is 0 Å². The van der Waals surface area contributed by atoms with Crippen LogP contribution in [0.5, 0.6) is 5.75 Å². The SMILES string of the molecule is CCOC(=O)CCNC(=O)NC(C)Oc1ccccc1C(C)C. The summed E-state index contributed by atoms with van der Waals surface area (Å²) in [6.45, 7) is 8.23. The molecule has 23 heavy (non-hydrogen) atoms. The molecule has 0 fully saturated rings. The maximum absolute atomic E-state index is 11.7. The lowest BCUT2D eigenvalue weighted by molar-refractivity contribution is -0.142. The van der Waals surface area contributed by atoms with Crippen LogP contribution in [0.3, 0.4) is 0 Å². The van der Waals surface area contributed by atoms with Crippen molar-refractivity contribution in [1.82, 2.24) is 10.6 Å². The average molecular weight is 322 g/mol. The Morgan fingerprint density at radius 1 is 1.17 bits per heavy atom. The van der Waals surface area contributed by atoms with E-state index in [2.05, 4.69) is 24.5 Å². The van der Waals surface area contributed by atoms with Gasteiger partial charge >= 0.3 is 12.0 Å². The Morgan fingerprint density at radius 2 is 1.87 bits per heavy atom. The number of carbonyl (C=O) groups is 2. The molecule has 0 spiro atoms. The van der Waals surface area contributed by atoms with Crippen molar-refractivity contribution in [1.29, 1.82) is 0 Å². The highest BCUT2D eigenvalue weighted by molar-refractivity contribution is 5.75. The van der Waals surface area contributed by atoms with Gasteiger partial charge in [0.15, 0.2) is 6.23 Å². The maximum atomic E-state index is 11.7. The van der Waals surface area contributed by atoms with Crippen LogP contribution in [-0.2, 0) is 9.53 Å². The van der Waals surface area contributed by atoms with Gasteiger partial charge in [-0.3, -0.25) is 4.79 Å². The van der Waals surface area contributed by atoms with E-state index >= 15 is 0 Å². The Kier molecular flexibility index (Phi) is 7.94. The molecule has 0 bridgehead atoms. The fourth-order valence-electron chi connectivity index (χ4n) is 2.03. The van der Waals surface area contributed by atoms with Gasteiger partial charge in [0.05, 0.1) is 13.0 Å². The molecule has 6 nitrogen and oxygen atoms in total. The number of urea groups is 1. The molecule has 0 aliphatic heterocycles. The van der Waals surface area contributed by atoms with E-state index < -0.39 is 6.23 Å². The lowest BCUT2D eigenvalue weighted by atomic mass is 10.0. The van der Waals surface area contributed by atoms with E-state index in [0.717, 1.165) is 11.3 Å². The van der Waals surface area contributed by atoms with E-state index in [1.165, 1.54) is 0 Å². The van der Waals surface area contributed by atoms with Crippen molar-refractivity contribution in [2.24, 2.45) is 0 Å². The second kappa shape index (κ2) is 9.71. The minimum Gasteiger partial charge on any atom is -0.471 e. The smallest absolute Gasteiger partial charge is 0.317 e. The van der Waals surface area contributed by atoms with Crippen molar-refractivity contribution in [3.05, 3.63) is 29.8 Å². The quantitative estimate of drug-likeness (QED) is 0.570. The van der Waals surface area contributed by atoms with Crippen LogP contribution >= 0.6 is 0 Å². The first kappa shape index (κ1) is 18.8. The zero-order valence-electron chi connectivity index (χ0n) is 14.2. The van der Waals surface area contributed by atoms with E-state index in [1.807, 2.05) is 24.3 Å². The number of hydrogen-bond acceptors (Lipinski definition) is 4. The summed E-state index contributed by atoms with van der Waals surface area (Å²) < 4.78 is 10.6. The van der Waals surface area contributed by atoms with Gasteiger partial charge < -0.3 is 20.1 Å². The molecule has 0 saturated carbocycles. The fraction of sp³-hybridized carbons (Fsp3) is 0.529. The second-order valence-corrected chi connectivity index (χ2v) is 5.41. The third-order valence-corrected chi connectivity index (χ3v) is 3.10. The minimum absolute atomic E-state index is 0.146. The Labute approximate surface area is 137 Å². The van der Waals surface area contributed by atoms with Crippen LogP contribution in [0.2, 0.25) is 0 Å². The van der Waals surface area contributed by atoms with Gasteiger partial charge in [-0.1, -0.05) is 32.0 Å². The molecule has 0 heterocycles. The van der Waals surface area contributed by atoms with Crippen molar-refractivity contribution in [2.45, 2.75) is 46.3 Å². The van der Waals surface area contributed by atoms with Gasteiger partial charge in [-0.2, -0.15) is 0 Å². The number of rotatable bonds is 8. The Balaban J connectivity index is 2.40. The average Bonchev–Trinajstić information content (AvgIpc) is 2.47. The molecular weight excluding hydrogens is 296 g/mol. The number of benzene rings is 1. The monoisotopic (exact) mass is 322 g/mol. The van der Waals surface area contributed by atoms with Gasteiger partial charge in [-0.15, -0.1) is 0 Å². The van der Waals surface area contributed by atoms with E-state index in [1.54, 1.807) is 13.8 Å². The van der Waals surface area contributed by atoms with Crippen LogP contribution in [0.1, 0.15) is 45.6 Å². The largest absolute Gasteiger partial charge is 0.471 e. The molecule has 6 heteroatoms. The third kappa shape index (κ3) is 7.04. The van der Waals surface area contributed by atoms with Gasteiger partial charge in [0.1, 0.15) is 5.75 Å². The Hall–Kier alpha value is -2.24. The normalized spacial score (nSPS) is 11.7. The van der Waals surface area contributed by atoms with Crippen molar-refractivity contribution in [3.63, 3.8) is 0 Å². The van der Waals surface area contributed by atoms with Crippen LogP contribution in [0.25, 0.3) is 0 Å². The molecule has 1 rings (SSSR count). The Morgan fingerprint density at radius 3 is 2.52 bits per heavy atom. The Bertz CT molecular complexity index is 517. The molecule has 1 atom stereocenters. The van der Waals surface area contributed by atoms with Crippen LogP contribution in [0, 0.1) is 0 Å². The van der Waals surface area contributed by atoms with Crippen LogP contribution in [-0.4, -0.2) is 31.4 Å². The lowest BCUT2D eigenvalue weighted by Crippen LogP contribution is -2.44. The van der Waals surface area contributed by atoms with Crippen LogP contribution in [0.15, 0.2) is 24.3 Å². The topological polar surface area (TPSA) is 76.7 Å². The van der Waals surface area contributed by atoms with E-state index in [4.69, 9.17) is 9.47 Å². The lowest BCUT2D eigenvalue weighted by Gasteiger charge is -2.20. The summed E-state index contributed by atoms with van der Waals surface area (Å²) in [5.41, 5.74) is 1.09. The number of esters is 1. The molecule has 0 aliphatic carbocycles. The minimum atomic E-state index is -0.488. The maximum Gasteiger partial charge on any atom is 0.317 e. The van der Waals surface area contributed by atoms with Crippen LogP contribution in [0.4, 0.5) is 4.79 Å².